The zero-order valence-corrected chi connectivity index (χ0v) is 10.4. The van der Waals surface area contributed by atoms with E-state index in [4.69, 9.17) is 0 Å². The van der Waals surface area contributed by atoms with Gasteiger partial charge in [0.15, 0.2) is 0 Å². The van der Waals surface area contributed by atoms with Crippen LogP contribution < -0.4 is 5.32 Å². The van der Waals surface area contributed by atoms with Gasteiger partial charge >= 0.3 is 0 Å². The summed E-state index contributed by atoms with van der Waals surface area (Å²) in [5.74, 6) is 0.811. The summed E-state index contributed by atoms with van der Waals surface area (Å²) in [6.07, 6.45) is 8.50. The smallest absolute Gasteiger partial charge is 0.0120 e. The van der Waals surface area contributed by atoms with Gasteiger partial charge in [0.1, 0.15) is 0 Å². The van der Waals surface area contributed by atoms with Crippen LogP contribution in [0.25, 0.3) is 0 Å². The third-order valence-corrected chi connectivity index (χ3v) is 3.89. The Balaban J connectivity index is 2.55. The first-order valence-corrected chi connectivity index (χ1v) is 6.26. The number of hydrogen-bond acceptors (Lipinski definition) is 1. The number of hydrogen-bond donors (Lipinski definition) is 1. The summed E-state index contributed by atoms with van der Waals surface area (Å²) in [6, 6.07) is 0.725. The van der Waals surface area contributed by atoms with E-state index in [0.29, 0.717) is 5.41 Å². The molecule has 1 fully saturated rings. The molecule has 0 aromatic rings. The first-order chi connectivity index (χ1) is 6.58. The van der Waals surface area contributed by atoms with Crippen LogP contribution >= 0.6 is 0 Å². The highest BCUT2D eigenvalue weighted by atomic mass is 14.9. The molecule has 0 spiro atoms. The van der Waals surface area contributed by atoms with Gasteiger partial charge in [0, 0.05) is 6.04 Å². The van der Waals surface area contributed by atoms with Crippen molar-refractivity contribution in [3.8, 4) is 0 Å². The summed E-state index contributed by atoms with van der Waals surface area (Å²) < 4.78 is 0. The number of nitrogens with one attached hydrogen (secondary N) is 1. The van der Waals surface area contributed by atoms with Gasteiger partial charge in [-0.2, -0.15) is 0 Å². The van der Waals surface area contributed by atoms with Gasteiger partial charge in [0.05, 0.1) is 0 Å². The molecule has 1 heteroatoms. The zero-order valence-electron chi connectivity index (χ0n) is 10.4. The third-order valence-electron chi connectivity index (χ3n) is 3.89. The van der Waals surface area contributed by atoms with Gasteiger partial charge in [-0.25, -0.2) is 0 Å². The molecule has 0 aromatic heterocycles. The molecule has 0 radical (unpaired) electrons. The van der Waals surface area contributed by atoms with Crippen LogP contribution in [-0.4, -0.2) is 13.1 Å². The van der Waals surface area contributed by atoms with E-state index < -0.39 is 0 Å². The highest BCUT2D eigenvalue weighted by Gasteiger charge is 2.34. The standard InChI is InChI=1S/C13H27N/c1-11(2)10-12(14-4)13(3)8-6-5-7-9-13/h11-12,14H,5-10H2,1-4H3. The lowest BCUT2D eigenvalue weighted by Crippen LogP contribution is -2.43. The Morgan fingerprint density at radius 1 is 1.14 bits per heavy atom. The molecule has 1 atom stereocenters. The molecule has 0 aromatic carbocycles. The molecule has 0 heterocycles. The van der Waals surface area contributed by atoms with Crippen LogP contribution in [0.4, 0.5) is 0 Å². The van der Waals surface area contributed by atoms with Crippen molar-refractivity contribution in [1.29, 1.82) is 0 Å². The van der Waals surface area contributed by atoms with E-state index in [-0.39, 0.29) is 0 Å². The van der Waals surface area contributed by atoms with E-state index in [1.54, 1.807) is 0 Å². The highest BCUT2D eigenvalue weighted by molar-refractivity contribution is 4.89. The minimum atomic E-state index is 0.567. The van der Waals surface area contributed by atoms with Gasteiger partial charge in [-0.05, 0) is 37.6 Å². The maximum Gasteiger partial charge on any atom is 0.0120 e. The molecule has 0 amide bonds. The monoisotopic (exact) mass is 197 g/mol. The molecule has 1 N–H and O–H groups in total. The Morgan fingerprint density at radius 2 is 1.71 bits per heavy atom. The van der Waals surface area contributed by atoms with Gasteiger partial charge in [0.2, 0.25) is 0 Å². The van der Waals surface area contributed by atoms with Crippen LogP contribution in [0.15, 0.2) is 0 Å². The molecule has 1 aliphatic carbocycles. The Morgan fingerprint density at radius 3 is 2.14 bits per heavy atom. The molecule has 1 rings (SSSR count). The third kappa shape index (κ3) is 2.98. The van der Waals surface area contributed by atoms with Crippen molar-refractivity contribution in [1.82, 2.24) is 5.32 Å². The van der Waals surface area contributed by atoms with Gasteiger partial charge in [-0.15, -0.1) is 0 Å². The van der Waals surface area contributed by atoms with Crippen molar-refractivity contribution in [3.05, 3.63) is 0 Å². The predicted molar refractivity (Wildman–Crippen MR) is 63.5 cm³/mol. The van der Waals surface area contributed by atoms with E-state index in [2.05, 4.69) is 33.1 Å². The van der Waals surface area contributed by atoms with Gasteiger partial charge in [-0.1, -0.05) is 40.0 Å². The number of rotatable bonds is 4. The summed E-state index contributed by atoms with van der Waals surface area (Å²) in [5.41, 5.74) is 0.567. The van der Waals surface area contributed by atoms with Crippen LogP contribution in [0.3, 0.4) is 0 Å². The Kier molecular flexibility index (Phi) is 4.43. The quantitative estimate of drug-likeness (QED) is 0.726. The van der Waals surface area contributed by atoms with E-state index in [1.165, 1.54) is 38.5 Å². The lowest BCUT2D eigenvalue weighted by atomic mass is 9.68. The fourth-order valence-electron chi connectivity index (χ4n) is 2.93. The molecule has 0 bridgehead atoms. The van der Waals surface area contributed by atoms with E-state index in [1.807, 2.05) is 0 Å². The van der Waals surface area contributed by atoms with Crippen molar-refractivity contribution >= 4 is 0 Å². The summed E-state index contributed by atoms with van der Waals surface area (Å²) >= 11 is 0. The summed E-state index contributed by atoms with van der Waals surface area (Å²) in [6.45, 7) is 7.14. The molecular formula is C13H27N. The first kappa shape index (κ1) is 12.0. The zero-order chi connectivity index (χ0) is 10.6. The fourth-order valence-corrected chi connectivity index (χ4v) is 2.93. The van der Waals surface area contributed by atoms with Crippen LogP contribution in [0, 0.1) is 11.3 Å². The summed E-state index contributed by atoms with van der Waals surface area (Å²) in [7, 11) is 2.13. The first-order valence-electron chi connectivity index (χ1n) is 6.26. The second-order valence-electron chi connectivity index (χ2n) is 5.69. The second-order valence-corrected chi connectivity index (χ2v) is 5.69. The SMILES string of the molecule is CNC(CC(C)C)C1(C)CCCCC1. The van der Waals surface area contributed by atoms with Gasteiger partial charge < -0.3 is 5.32 Å². The molecule has 1 saturated carbocycles. The van der Waals surface area contributed by atoms with Crippen LogP contribution in [0.5, 0.6) is 0 Å². The molecule has 14 heavy (non-hydrogen) atoms. The normalized spacial score (nSPS) is 23.8. The largest absolute Gasteiger partial charge is 0.316 e. The highest BCUT2D eigenvalue weighted by Crippen LogP contribution is 2.40. The van der Waals surface area contributed by atoms with E-state index in [0.717, 1.165) is 12.0 Å². The van der Waals surface area contributed by atoms with Crippen molar-refractivity contribution in [3.63, 3.8) is 0 Å². The minimum Gasteiger partial charge on any atom is -0.316 e. The van der Waals surface area contributed by atoms with E-state index >= 15 is 0 Å². The molecule has 84 valence electrons. The molecule has 0 saturated heterocycles. The van der Waals surface area contributed by atoms with Crippen molar-refractivity contribution in [2.24, 2.45) is 11.3 Å². The Labute approximate surface area is 89.7 Å². The summed E-state index contributed by atoms with van der Waals surface area (Å²) in [4.78, 5) is 0. The lowest BCUT2D eigenvalue weighted by molar-refractivity contribution is 0.134. The van der Waals surface area contributed by atoms with Crippen molar-refractivity contribution in [2.45, 2.75) is 65.3 Å². The van der Waals surface area contributed by atoms with Crippen molar-refractivity contribution in [2.75, 3.05) is 7.05 Å². The maximum atomic E-state index is 3.54. The van der Waals surface area contributed by atoms with Crippen LogP contribution in [-0.2, 0) is 0 Å². The fraction of sp³-hybridized carbons (Fsp3) is 1.00. The molecule has 1 aliphatic rings. The van der Waals surface area contributed by atoms with Gasteiger partial charge in [-0.3, -0.25) is 0 Å². The van der Waals surface area contributed by atoms with Crippen molar-refractivity contribution < 1.29 is 0 Å². The molecule has 1 unspecified atom stereocenters. The average Bonchev–Trinajstić information content (AvgIpc) is 2.15. The predicted octanol–water partition coefficient (Wildman–Crippen LogP) is 3.59. The van der Waals surface area contributed by atoms with Gasteiger partial charge in [0.25, 0.3) is 0 Å². The summed E-state index contributed by atoms with van der Waals surface area (Å²) in [5, 5.41) is 3.54. The second kappa shape index (κ2) is 5.16. The topological polar surface area (TPSA) is 12.0 Å². The molecule has 0 aliphatic heterocycles. The Bertz CT molecular complexity index is 157. The lowest BCUT2D eigenvalue weighted by Gasteiger charge is -2.41. The van der Waals surface area contributed by atoms with E-state index in [9.17, 15) is 0 Å². The maximum absolute atomic E-state index is 3.54. The average molecular weight is 197 g/mol. The minimum absolute atomic E-state index is 0.567. The Hall–Kier alpha value is -0.0400. The van der Waals surface area contributed by atoms with Crippen LogP contribution in [0.2, 0.25) is 0 Å². The van der Waals surface area contributed by atoms with Crippen LogP contribution in [0.1, 0.15) is 59.3 Å². The molecule has 1 nitrogen and oxygen atoms in total. The molecular weight excluding hydrogens is 170 g/mol.